The van der Waals surface area contributed by atoms with Crippen LogP contribution in [0, 0.1) is 11.7 Å². The van der Waals surface area contributed by atoms with Crippen LogP contribution in [-0.4, -0.2) is 30.5 Å². The first kappa shape index (κ1) is 21.5. The van der Waals surface area contributed by atoms with E-state index in [4.69, 9.17) is 14.3 Å². The Balaban J connectivity index is 0.000000878. The summed E-state index contributed by atoms with van der Waals surface area (Å²) in [5.41, 5.74) is 2.01. The molecule has 3 rings (SSSR count). The molecule has 1 fully saturated rings. The lowest BCUT2D eigenvalue weighted by atomic mass is 9.84. The molecule has 2 atom stereocenters. The van der Waals surface area contributed by atoms with Gasteiger partial charge in [-0.05, 0) is 48.2 Å². The topological polar surface area (TPSA) is 63.7 Å². The summed E-state index contributed by atoms with van der Waals surface area (Å²) in [6.45, 7) is 3.61. The summed E-state index contributed by atoms with van der Waals surface area (Å²) in [7, 11) is 1.65. The summed E-state index contributed by atoms with van der Waals surface area (Å²) in [6.07, 6.45) is 1.98. The number of hydrogen-bond acceptors (Lipinski definition) is 5. The number of carbonyl (C=O) groups is 1. The van der Waals surface area contributed by atoms with Crippen LogP contribution in [0.4, 0.5) is 4.39 Å². The van der Waals surface area contributed by atoms with E-state index in [1.807, 2.05) is 24.3 Å². The van der Waals surface area contributed by atoms with Crippen molar-refractivity contribution in [2.45, 2.75) is 32.4 Å². The van der Waals surface area contributed by atoms with Crippen molar-refractivity contribution in [3.8, 4) is 5.75 Å². The highest BCUT2D eigenvalue weighted by Crippen LogP contribution is 2.34. The van der Waals surface area contributed by atoms with Crippen LogP contribution in [0.2, 0.25) is 0 Å². The number of benzene rings is 2. The van der Waals surface area contributed by atoms with Crippen LogP contribution >= 0.6 is 0 Å². The Labute approximate surface area is 164 Å². The van der Waals surface area contributed by atoms with Gasteiger partial charge in [-0.15, -0.1) is 0 Å². The van der Waals surface area contributed by atoms with E-state index in [1.54, 1.807) is 19.2 Å². The average Bonchev–Trinajstić information content (AvgIpc) is 2.70. The molecule has 0 radical (unpaired) electrons. The van der Waals surface area contributed by atoms with Gasteiger partial charge in [0.15, 0.2) is 5.78 Å². The number of carbonyl (C=O) groups excluding carboxylic acids is 3. The maximum Gasteiger partial charge on any atom is 0.373 e. The van der Waals surface area contributed by atoms with E-state index in [0.717, 1.165) is 36.3 Å². The number of likely N-dealkylation sites (tertiary alicyclic amines) is 1. The summed E-state index contributed by atoms with van der Waals surface area (Å²) in [4.78, 5) is 31.4. The fourth-order valence-electron chi connectivity index (χ4n) is 3.56. The Kier molecular flexibility index (Phi) is 8.05. The standard InChI is InChI=1S/C21H24FNO2.CO2/c1-3-16-12-13-23(14-15-4-10-19(25-2)11-5-15)20(21(16)24)17-6-8-18(22)9-7-17;2-1-3/h4-11,16,20H,3,12-14H2,1-2H3;. The summed E-state index contributed by atoms with van der Waals surface area (Å²) < 4.78 is 18.5. The third-order valence-electron chi connectivity index (χ3n) is 5.03. The van der Waals surface area contributed by atoms with E-state index in [1.165, 1.54) is 12.1 Å². The maximum absolute atomic E-state index is 13.3. The van der Waals surface area contributed by atoms with E-state index < -0.39 is 0 Å². The monoisotopic (exact) mass is 385 g/mol. The van der Waals surface area contributed by atoms with Crippen molar-refractivity contribution in [2.24, 2.45) is 5.92 Å². The van der Waals surface area contributed by atoms with Crippen LogP contribution in [0.3, 0.4) is 0 Å². The van der Waals surface area contributed by atoms with Gasteiger partial charge in [0.05, 0.1) is 13.2 Å². The minimum absolute atomic E-state index is 0.0853. The first-order valence-electron chi connectivity index (χ1n) is 9.19. The molecule has 1 aliphatic rings. The predicted molar refractivity (Wildman–Crippen MR) is 101 cm³/mol. The number of Topliss-reactive ketones (excluding diaryl/α,β-unsaturated/α-hetero) is 1. The smallest absolute Gasteiger partial charge is 0.373 e. The molecule has 5 nitrogen and oxygen atoms in total. The van der Waals surface area contributed by atoms with Gasteiger partial charge in [-0.25, -0.2) is 4.39 Å². The lowest BCUT2D eigenvalue weighted by molar-refractivity contribution is -0.191. The van der Waals surface area contributed by atoms with Gasteiger partial charge in [-0.2, -0.15) is 9.59 Å². The second-order valence-electron chi connectivity index (χ2n) is 6.65. The molecule has 0 amide bonds. The van der Waals surface area contributed by atoms with Crippen LogP contribution < -0.4 is 4.74 Å². The van der Waals surface area contributed by atoms with E-state index in [-0.39, 0.29) is 29.7 Å². The van der Waals surface area contributed by atoms with Gasteiger partial charge < -0.3 is 4.74 Å². The van der Waals surface area contributed by atoms with E-state index >= 15 is 0 Å². The molecule has 0 bridgehead atoms. The number of rotatable bonds is 5. The summed E-state index contributed by atoms with van der Waals surface area (Å²) in [6, 6.07) is 13.9. The van der Waals surface area contributed by atoms with Crippen LogP contribution in [0.1, 0.15) is 36.9 Å². The van der Waals surface area contributed by atoms with E-state index in [9.17, 15) is 9.18 Å². The molecule has 2 aromatic rings. The summed E-state index contributed by atoms with van der Waals surface area (Å²) in [5, 5.41) is 0. The van der Waals surface area contributed by atoms with Gasteiger partial charge in [0.2, 0.25) is 0 Å². The van der Waals surface area contributed by atoms with Crippen LogP contribution in [0.25, 0.3) is 0 Å². The van der Waals surface area contributed by atoms with Gasteiger partial charge in [-0.3, -0.25) is 9.69 Å². The Morgan fingerprint density at radius 3 is 2.25 bits per heavy atom. The first-order chi connectivity index (χ1) is 13.5. The molecule has 1 aliphatic heterocycles. The minimum Gasteiger partial charge on any atom is -0.497 e. The number of halogens is 1. The molecule has 1 saturated heterocycles. The van der Waals surface area contributed by atoms with Crippen molar-refractivity contribution >= 4 is 11.9 Å². The number of methoxy groups -OCH3 is 1. The maximum atomic E-state index is 13.3. The molecular weight excluding hydrogens is 361 g/mol. The molecule has 0 spiro atoms. The minimum atomic E-state index is -0.304. The van der Waals surface area contributed by atoms with Crippen LogP contribution in [0.5, 0.6) is 5.75 Å². The zero-order chi connectivity index (χ0) is 20.5. The fourth-order valence-corrected chi connectivity index (χ4v) is 3.56. The number of ether oxygens (including phenoxy) is 1. The molecule has 148 valence electrons. The quantitative estimate of drug-likeness (QED) is 0.784. The summed E-state index contributed by atoms with van der Waals surface area (Å²) in [5.74, 6) is 0.872. The molecule has 2 aromatic carbocycles. The van der Waals surface area contributed by atoms with E-state index in [0.29, 0.717) is 6.54 Å². The van der Waals surface area contributed by atoms with Gasteiger partial charge in [-0.1, -0.05) is 31.2 Å². The number of piperidine rings is 1. The summed E-state index contributed by atoms with van der Waals surface area (Å²) >= 11 is 0. The lowest BCUT2D eigenvalue weighted by Crippen LogP contribution is -2.43. The van der Waals surface area contributed by atoms with Crippen molar-refractivity contribution < 1.29 is 23.5 Å². The highest BCUT2D eigenvalue weighted by atomic mass is 19.1. The molecule has 1 heterocycles. The van der Waals surface area contributed by atoms with E-state index in [2.05, 4.69) is 11.8 Å². The largest absolute Gasteiger partial charge is 0.497 e. The van der Waals surface area contributed by atoms with Crippen molar-refractivity contribution in [3.05, 3.63) is 65.5 Å². The molecule has 0 aromatic heterocycles. The average molecular weight is 385 g/mol. The highest BCUT2D eigenvalue weighted by molar-refractivity contribution is 5.88. The Bertz CT molecular complexity index is 798. The van der Waals surface area contributed by atoms with Crippen molar-refractivity contribution in [2.75, 3.05) is 13.7 Å². The normalized spacial score (nSPS) is 19.3. The van der Waals surface area contributed by atoms with Gasteiger partial charge in [0.1, 0.15) is 11.6 Å². The molecule has 0 N–H and O–H groups in total. The van der Waals surface area contributed by atoms with Gasteiger partial charge in [0.25, 0.3) is 0 Å². The highest BCUT2D eigenvalue weighted by Gasteiger charge is 2.36. The molecule has 6 heteroatoms. The number of hydrogen-bond donors (Lipinski definition) is 0. The third-order valence-corrected chi connectivity index (χ3v) is 5.03. The lowest BCUT2D eigenvalue weighted by Gasteiger charge is -2.38. The van der Waals surface area contributed by atoms with Crippen molar-refractivity contribution in [1.82, 2.24) is 4.90 Å². The molecular formula is C22H24FNO4. The van der Waals surface area contributed by atoms with Crippen molar-refractivity contribution in [3.63, 3.8) is 0 Å². The molecule has 0 aliphatic carbocycles. The van der Waals surface area contributed by atoms with Gasteiger partial charge >= 0.3 is 6.15 Å². The Morgan fingerprint density at radius 1 is 1.11 bits per heavy atom. The number of ketones is 1. The van der Waals surface area contributed by atoms with Gasteiger partial charge in [0, 0.05) is 19.0 Å². The van der Waals surface area contributed by atoms with Crippen LogP contribution in [0.15, 0.2) is 48.5 Å². The second-order valence-corrected chi connectivity index (χ2v) is 6.65. The Morgan fingerprint density at radius 2 is 1.71 bits per heavy atom. The zero-order valence-corrected chi connectivity index (χ0v) is 16.1. The second kappa shape index (κ2) is 10.5. The molecule has 2 unspecified atom stereocenters. The third kappa shape index (κ3) is 5.35. The SMILES string of the molecule is CCC1CCN(Cc2ccc(OC)cc2)C(c2ccc(F)cc2)C1=O.O=C=O. The van der Waals surface area contributed by atoms with Crippen LogP contribution in [-0.2, 0) is 20.9 Å². The Hall–Kier alpha value is -2.82. The molecule has 28 heavy (non-hydrogen) atoms. The zero-order valence-electron chi connectivity index (χ0n) is 16.1. The van der Waals surface area contributed by atoms with Crippen molar-refractivity contribution in [1.29, 1.82) is 0 Å². The predicted octanol–water partition coefficient (Wildman–Crippen LogP) is 3.79. The fraction of sp³-hybridized carbons (Fsp3) is 0.364. The number of nitrogens with zero attached hydrogens (tertiary/aromatic N) is 1. The first-order valence-corrected chi connectivity index (χ1v) is 9.19. The molecule has 0 saturated carbocycles.